The number of pyridine rings is 1. The van der Waals surface area contributed by atoms with Crippen molar-refractivity contribution in [1.29, 1.82) is 0 Å². The second-order valence-corrected chi connectivity index (χ2v) is 5.85. The van der Waals surface area contributed by atoms with Gasteiger partial charge in [0, 0.05) is 6.54 Å². The van der Waals surface area contributed by atoms with Crippen LogP contribution in [0.3, 0.4) is 0 Å². The van der Waals surface area contributed by atoms with Gasteiger partial charge in [0.1, 0.15) is 5.82 Å². The number of rotatable bonds is 7. The lowest BCUT2D eigenvalue weighted by molar-refractivity contribution is -0.116. The minimum atomic E-state index is -0.379. The standard InChI is InChI=1S/C22H21N3O/c1-2-15-23-20-14-13-19(16-24-20)25-22(26)21(17-9-5-3-6-10-17)18-11-7-4-8-12-18/h2-14,16,21H,1,15H2,(H,23,24)(H,25,26). The van der Waals surface area contributed by atoms with Crippen molar-refractivity contribution >= 4 is 17.4 Å². The maximum Gasteiger partial charge on any atom is 0.236 e. The van der Waals surface area contributed by atoms with Crippen LogP contribution in [0.4, 0.5) is 11.5 Å². The number of aromatic nitrogens is 1. The Morgan fingerprint density at radius 1 is 0.962 bits per heavy atom. The van der Waals surface area contributed by atoms with E-state index in [4.69, 9.17) is 0 Å². The van der Waals surface area contributed by atoms with Crippen molar-refractivity contribution in [3.05, 3.63) is 103 Å². The number of benzene rings is 2. The van der Waals surface area contributed by atoms with Crippen LogP contribution in [-0.4, -0.2) is 17.4 Å². The highest BCUT2D eigenvalue weighted by Gasteiger charge is 2.22. The first-order valence-electron chi connectivity index (χ1n) is 8.49. The maximum atomic E-state index is 13.0. The smallest absolute Gasteiger partial charge is 0.236 e. The zero-order valence-corrected chi connectivity index (χ0v) is 14.4. The van der Waals surface area contributed by atoms with Gasteiger partial charge >= 0.3 is 0 Å². The highest BCUT2D eigenvalue weighted by Crippen LogP contribution is 2.26. The fraction of sp³-hybridized carbons (Fsp3) is 0.0909. The molecule has 26 heavy (non-hydrogen) atoms. The summed E-state index contributed by atoms with van der Waals surface area (Å²) in [5, 5.41) is 6.08. The SMILES string of the molecule is C=CCNc1ccc(NC(=O)C(c2ccccc2)c2ccccc2)cn1. The summed E-state index contributed by atoms with van der Waals surface area (Å²) in [5.41, 5.74) is 2.57. The van der Waals surface area contributed by atoms with Gasteiger partial charge in [0.05, 0.1) is 17.8 Å². The Hall–Kier alpha value is -3.40. The Bertz CT molecular complexity index is 806. The quantitative estimate of drug-likeness (QED) is 0.623. The molecule has 1 amide bonds. The maximum absolute atomic E-state index is 13.0. The third-order valence-corrected chi connectivity index (χ3v) is 3.99. The molecule has 130 valence electrons. The Morgan fingerprint density at radius 3 is 2.08 bits per heavy atom. The molecule has 0 aliphatic heterocycles. The third-order valence-electron chi connectivity index (χ3n) is 3.99. The molecule has 1 heterocycles. The molecule has 0 unspecified atom stereocenters. The molecule has 3 rings (SSSR count). The van der Waals surface area contributed by atoms with Crippen molar-refractivity contribution in [3.63, 3.8) is 0 Å². The van der Waals surface area contributed by atoms with Crippen LogP contribution in [0.5, 0.6) is 0 Å². The molecule has 0 saturated heterocycles. The number of carbonyl (C=O) groups excluding carboxylic acids is 1. The van der Waals surface area contributed by atoms with E-state index in [0.717, 1.165) is 16.9 Å². The highest BCUT2D eigenvalue weighted by molar-refractivity contribution is 5.98. The van der Waals surface area contributed by atoms with Crippen LogP contribution in [-0.2, 0) is 4.79 Å². The molecule has 2 N–H and O–H groups in total. The Labute approximate surface area is 153 Å². The topological polar surface area (TPSA) is 54.0 Å². The largest absolute Gasteiger partial charge is 0.367 e. The summed E-state index contributed by atoms with van der Waals surface area (Å²) >= 11 is 0. The first-order chi connectivity index (χ1) is 12.8. The van der Waals surface area contributed by atoms with Gasteiger partial charge in [0.2, 0.25) is 5.91 Å². The van der Waals surface area contributed by atoms with E-state index < -0.39 is 0 Å². The lowest BCUT2D eigenvalue weighted by atomic mass is 9.90. The van der Waals surface area contributed by atoms with Crippen LogP contribution in [0.25, 0.3) is 0 Å². The Kier molecular flexibility index (Phi) is 5.78. The van der Waals surface area contributed by atoms with E-state index in [1.54, 1.807) is 12.3 Å². The van der Waals surface area contributed by atoms with Crippen LogP contribution in [0.1, 0.15) is 17.0 Å². The molecule has 0 bridgehead atoms. The number of nitrogens with one attached hydrogen (secondary N) is 2. The van der Waals surface area contributed by atoms with Gasteiger partial charge in [-0.1, -0.05) is 66.7 Å². The lowest BCUT2D eigenvalue weighted by Crippen LogP contribution is -2.22. The molecule has 2 aromatic carbocycles. The number of hydrogen-bond donors (Lipinski definition) is 2. The highest BCUT2D eigenvalue weighted by atomic mass is 16.1. The van der Waals surface area contributed by atoms with Crippen molar-refractivity contribution in [3.8, 4) is 0 Å². The molecule has 1 aromatic heterocycles. The zero-order chi connectivity index (χ0) is 18.2. The summed E-state index contributed by atoms with van der Waals surface area (Å²) in [4.78, 5) is 17.3. The predicted octanol–water partition coefficient (Wildman–Crippen LogP) is 4.45. The first kappa shape index (κ1) is 17.4. The lowest BCUT2D eigenvalue weighted by Gasteiger charge is -2.18. The molecular formula is C22H21N3O. The molecule has 4 nitrogen and oxygen atoms in total. The average molecular weight is 343 g/mol. The van der Waals surface area contributed by atoms with E-state index >= 15 is 0 Å². The summed E-state index contributed by atoms with van der Waals surface area (Å²) in [6.45, 7) is 4.30. The van der Waals surface area contributed by atoms with Gasteiger partial charge in [-0.05, 0) is 23.3 Å². The number of carbonyl (C=O) groups is 1. The summed E-state index contributed by atoms with van der Waals surface area (Å²) in [6, 6.07) is 23.2. The van der Waals surface area contributed by atoms with Gasteiger partial charge in [0.15, 0.2) is 0 Å². The number of amides is 1. The molecule has 4 heteroatoms. The normalized spacial score (nSPS) is 10.3. The van der Waals surface area contributed by atoms with Crippen molar-refractivity contribution < 1.29 is 4.79 Å². The molecule has 0 radical (unpaired) electrons. The number of anilines is 2. The second kappa shape index (κ2) is 8.62. The van der Waals surface area contributed by atoms with Gasteiger partial charge in [-0.3, -0.25) is 4.79 Å². The van der Waals surface area contributed by atoms with E-state index in [2.05, 4.69) is 22.2 Å². The van der Waals surface area contributed by atoms with E-state index in [1.807, 2.05) is 72.8 Å². The van der Waals surface area contributed by atoms with Gasteiger partial charge < -0.3 is 10.6 Å². The first-order valence-corrected chi connectivity index (χ1v) is 8.49. The van der Waals surface area contributed by atoms with Gasteiger partial charge in [0.25, 0.3) is 0 Å². The molecule has 0 spiro atoms. The van der Waals surface area contributed by atoms with Crippen molar-refractivity contribution in [2.75, 3.05) is 17.2 Å². The van der Waals surface area contributed by atoms with E-state index in [-0.39, 0.29) is 11.8 Å². The van der Waals surface area contributed by atoms with Crippen LogP contribution >= 0.6 is 0 Å². The number of nitrogens with zero attached hydrogens (tertiary/aromatic N) is 1. The van der Waals surface area contributed by atoms with Crippen molar-refractivity contribution in [2.24, 2.45) is 0 Å². The predicted molar refractivity (Wildman–Crippen MR) is 106 cm³/mol. The van der Waals surface area contributed by atoms with Crippen LogP contribution in [0.15, 0.2) is 91.6 Å². The van der Waals surface area contributed by atoms with Gasteiger partial charge in [-0.2, -0.15) is 0 Å². The summed E-state index contributed by atoms with van der Waals surface area (Å²) < 4.78 is 0. The van der Waals surface area contributed by atoms with Crippen molar-refractivity contribution in [2.45, 2.75) is 5.92 Å². The Balaban J connectivity index is 1.81. The Morgan fingerprint density at radius 2 is 1.58 bits per heavy atom. The average Bonchev–Trinajstić information content (AvgIpc) is 2.69. The van der Waals surface area contributed by atoms with Crippen LogP contribution < -0.4 is 10.6 Å². The third kappa shape index (κ3) is 4.36. The van der Waals surface area contributed by atoms with Crippen molar-refractivity contribution in [1.82, 2.24) is 4.98 Å². The fourth-order valence-electron chi connectivity index (χ4n) is 2.75. The molecule has 0 aliphatic carbocycles. The second-order valence-electron chi connectivity index (χ2n) is 5.85. The number of hydrogen-bond acceptors (Lipinski definition) is 3. The zero-order valence-electron chi connectivity index (χ0n) is 14.4. The molecule has 0 atom stereocenters. The summed E-state index contributed by atoms with van der Waals surface area (Å²) in [6.07, 6.45) is 3.41. The van der Waals surface area contributed by atoms with E-state index in [0.29, 0.717) is 12.2 Å². The molecule has 3 aromatic rings. The summed E-state index contributed by atoms with van der Waals surface area (Å²) in [7, 11) is 0. The monoisotopic (exact) mass is 343 g/mol. The van der Waals surface area contributed by atoms with Crippen LogP contribution in [0, 0.1) is 0 Å². The van der Waals surface area contributed by atoms with Crippen LogP contribution in [0.2, 0.25) is 0 Å². The van der Waals surface area contributed by atoms with E-state index in [9.17, 15) is 4.79 Å². The molecule has 0 aliphatic rings. The molecule has 0 saturated carbocycles. The fourth-order valence-corrected chi connectivity index (χ4v) is 2.75. The minimum Gasteiger partial charge on any atom is -0.367 e. The van der Waals surface area contributed by atoms with Gasteiger partial charge in [-0.15, -0.1) is 6.58 Å². The van der Waals surface area contributed by atoms with E-state index in [1.165, 1.54) is 0 Å². The van der Waals surface area contributed by atoms with Gasteiger partial charge in [-0.25, -0.2) is 4.98 Å². The summed E-state index contributed by atoms with van der Waals surface area (Å²) in [5.74, 6) is 0.275. The molecule has 0 fully saturated rings. The minimum absolute atomic E-state index is 0.0870. The molecular weight excluding hydrogens is 322 g/mol.